The second-order valence-corrected chi connectivity index (χ2v) is 7.79. The molecule has 0 radical (unpaired) electrons. The van der Waals surface area contributed by atoms with Crippen molar-refractivity contribution in [3.8, 4) is 5.82 Å². The van der Waals surface area contributed by atoms with E-state index in [1.54, 1.807) is 17.2 Å². The van der Waals surface area contributed by atoms with E-state index in [2.05, 4.69) is 38.7 Å². The van der Waals surface area contributed by atoms with E-state index >= 15 is 0 Å². The standard InChI is InChI=1S/C19H29N7O/c1-14-10-24(11-15(2)27-14)12-16-4-8-25(9-5-16)18-17(20)19(22-13-21-18)26-7-3-6-23-26/h3,6-7,13-16H,4-5,8-12,20H2,1-2H3. The number of aromatic nitrogens is 4. The molecular weight excluding hydrogens is 342 g/mol. The molecule has 2 aromatic heterocycles. The molecule has 2 aromatic rings. The molecule has 2 aliphatic heterocycles. The van der Waals surface area contributed by atoms with E-state index < -0.39 is 0 Å². The van der Waals surface area contributed by atoms with Crippen molar-refractivity contribution >= 4 is 11.5 Å². The predicted octanol–water partition coefficient (Wildman–Crippen LogP) is 1.57. The van der Waals surface area contributed by atoms with Crippen LogP contribution in [-0.4, -0.2) is 69.6 Å². The Morgan fingerprint density at radius 1 is 1.11 bits per heavy atom. The molecule has 2 saturated heterocycles. The Labute approximate surface area is 160 Å². The van der Waals surface area contributed by atoms with Gasteiger partial charge in [0.15, 0.2) is 11.6 Å². The Morgan fingerprint density at radius 3 is 2.48 bits per heavy atom. The third-order valence-corrected chi connectivity index (χ3v) is 5.49. The third-order valence-electron chi connectivity index (χ3n) is 5.49. The van der Waals surface area contributed by atoms with Gasteiger partial charge < -0.3 is 15.4 Å². The smallest absolute Gasteiger partial charge is 0.181 e. The first kappa shape index (κ1) is 18.2. The molecule has 0 spiro atoms. The predicted molar refractivity (Wildman–Crippen MR) is 105 cm³/mol. The summed E-state index contributed by atoms with van der Waals surface area (Å²) in [6.07, 6.45) is 8.11. The minimum absolute atomic E-state index is 0.329. The second-order valence-electron chi connectivity index (χ2n) is 7.79. The molecule has 0 aliphatic carbocycles. The van der Waals surface area contributed by atoms with Gasteiger partial charge in [-0.25, -0.2) is 14.6 Å². The van der Waals surface area contributed by atoms with Gasteiger partial charge in [0.25, 0.3) is 0 Å². The molecule has 27 heavy (non-hydrogen) atoms. The monoisotopic (exact) mass is 371 g/mol. The van der Waals surface area contributed by atoms with Gasteiger partial charge in [0.05, 0.1) is 12.2 Å². The number of rotatable bonds is 4. The summed E-state index contributed by atoms with van der Waals surface area (Å²) in [4.78, 5) is 13.6. The number of nitrogens with two attached hydrogens (primary N) is 1. The van der Waals surface area contributed by atoms with Crippen molar-refractivity contribution in [1.29, 1.82) is 0 Å². The highest BCUT2D eigenvalue weighted by Gasteiger charge is 2.28. The van der Waals surface area contributed by atoms with Crippen molar-refractivity contribution in [2.45, 2.75) is 38.9 Å². The van der Waals surface area contributed by atoms with Gasteiger partial charge in [-0.15, -0.1) is 0 Å². The molecule has 4 heterocycles. The van der Waals surface area contributed by atoms with Crippen LogP contribution in [-0.2, 0) is 4.74 Å². The summed E-state index contributed by atoms with van der Waals surface area (Å²) in [5, 5.41) is 4.23. The van der Waals surface area contributed by atoms with E-state index in [1.807, 2.05) is 12.3 Å². The van der Waals surface area contributed by atoms with Crippen molar-refractivity contribution < 1.29 is 4.74 Å². The molecule has 2 N–H and O–H groups in total. The number of ether oxygens (including phenoxy) is 1. The normalized spacial score (nSPS) is 25.0. The van der Waals surface area contributed by atoms with E-state index in [1.165, 1.54) is 0 Å². The molecule has 8 heteroatoms. The van der Waals surface area contributed by atoms with Crippen LogP contribution in [0.5, 0.6) is 0 Å². The fourth-order valence-corrected chi connectivity index (χ4v) is 4.33. The summed E-state index contributed by atoms with van der Waals surface area (Å²) in [5.41, 5.74) is 6.96. The summed E-state index contributed by atoms with van der Waals surface area (Å²) in [7, 11) is 0. The van der Waals surface area contributed by atoms with Crippen molar-refractivity contribution in [2.24, 2.45) is 5.92 Å². The first-order chi connectivity index (χ1) is 13.1. The zero-order valence-corrected chi connectivity index (χ0v) is 16.2. The zero-order valence-electron chi connectivity index (χ0n) is 16.2. The van der Waals surface area contributed by atoms with Gasteiger partial charge in [0, 0.05) is 45.1 Å². The van der Waals surface area contributed by atoms with Crippen LogP contribution < -0.4 is 10.6 Å². The first-order valence-electron chi connectivity index (χ1n) is 9.83. The van der Waals surface area contributed by atoms with Crippen molar-refractivity contribution in [3.05, 3.63) is 24.8 Å². The van der Waals surface area contributed by atoms with Crippen LogP contribution in [0.4, 0.5) is 11.5 Å². The Hall–Kier alpha value is -2.19. The molecule has 8 nitrogen and oxygen atoms in total. The molecule has 0 bridgehead atoms. The van der Waals surface area contributed by atoms with Crippen LogP contribution in [0.3, 0.4) is 0 Å². The minimum atomic E-state index is 0.329. The molecule has 2 fully saturated rings. The summed E-state index contributed by atoms with van der Waals surface area (Å²) >= 11 is 0. The Kier molecular flexibility index (Phi) is 5.27. The maximum absolute atomic E-state index is 6.37. The van der Waals surface area contributed by atoms with Crippen LogP contribution in [0.15, 0.2) is 24.8 Å². The topological polar surface area (TPSA) is 85.3 Å². The Bertz CT molecular complexity index is 733. The largest absolute Gasteiger partial charge is 0.393 e. The highest BCUT2D eigenvalue weighted by molar-refractivity contribution is 5.70. The van der Waals surface area contributed by atoms with E-state index in [0.29, 0.717) is 29.6 Å². The second kappa shape index (κ2) is 7.82. The number of piperidine rings is 1. The molecular formula is C19H29N7O. The fourth-order valence-electron chi connectivity index (χ4n) is 4.33. The molecule has 146 valence electrons. The summed E-state index contributed by atoms with van der Waals surface area (Å²) < 4.78 is 7.54. The molecule has 0 saturated carbocycles. The van der Waals surface area contributed by atoms with E-state index in [4.69, 9.17) is 10.5 Å². The summed E-state index contributed by atoms with van der Waals surface area (Å²) in [6, 6.07) is 1.86. The lowest BCUT2D eigenvalue weighted by molar-refractivity contribution is -0.0720. The SMILES string of the molecule is CC1CN(CC2CCN(c3ncnc(-n4cccn4)c3N)CC2)CC(C)O1. The van der Waals surface area contributed by atoms with Crippen LogP contribution in [0, 0.1) is 5.92 Å². The number of anilines is 2. The molecule has 2 atom stereocenters. The molecule has 4 rings (SSSR count). The average molecular weight is 371 g/mol. The highest BCUT2D eigenvalue weighted by Crippen LogP contribution is 2.29. The van der Waals surface area contributed by atoms with Crippen LogP contribution in [0.1, 0.15) is 26.7 Å². The lowest BCUT2D eigenvalue weighted by Crippen LogP contribution is -2.48. The van der Waals surface area contributed by atoms with Gasteiger partial charge in [-0.1, -0.05) is 0 Å². The van der Waals surface area contributed by atoms with Gasteiger partial charge in [-0.05, 0) is 38.7 Å². The third kappa shape index (κ3) is 4.06. The van der Waals surface area contributed by atoms with E-state index in [0.717, 1.165) is 51.4 Å². The van der Waals surface area contributed by atoms with Crippen LogP contribution >= 0.6 is 0 Å². The molecule has 0 aromatic carbocycles. The van der Waals surface area contributed by atoms with Gasteiger partial charge in [-0.3, -0.25) is 4.90 Å². The Morgan fingerprint density at radius 2 is 1.81 bits per heavy atom. The van der Waals surface area contributed by atoms with Gasteiger partial charge in [-0.2, -0.15) is 5.10 Å². The van der Waals surface area contributed by atoms with Gasteiger partial charge in [0.2, 0.25) is 0 Å². The minimum Gasteiger partial charge on any atom is -0.393 e. The summed E-state index contributed by atoms with van der Waals surface area (Å²) in [6.45, 7) is 9.51. The van der Waals surface area contributed by atoms with Crippen molar-refractivity contribution in [2.75, 3.05) is 43.4 Å². The quantitative estimate of drug-likeness (QED) is 0.873. The van der Waals surface area contributed by atoms with Gasteiger partial charge >= 0.3 is 0 Å². The van der Waals surface area contributed by atoms with Crippen molar-refractivity contribution in [1.82, 2.24) is 24.6 Å². The fraction of sp³-hybridized carbons (Fsp3) is 0.632. The molecule has 2 unspecified atom stereocenters. The number of hydrogen-bond acceptors (Lipinski definition) is 7. The average Bonchev–Trinajstić information content (AvgIpc) is 3.16. The van der Waals surface area contributed by atoms with E-state index in [9.17, 15) is 0 Å². The molecule has 0 amide bonds. The van der Waals surface area contributed by atoms with Crippen molar-refractivity contribution in [3.63, 3.8) is 0 Å². The maximum atomic E-state index is 6.37. The van der Waals surface area contributed by atoms with Crippen LogP contribution in [0.2, 0.25) is 0 Å². The number of morpholine rings is 1. The first-order valence-corrected chi connectivity index (χ1v) is 9.83. The number of nitrogen functional groups attached to an aromatic ring is 1. The summed E-state index contributed by atoms with van der Waals surface area (Å²) in [5.74, 6) is 2.18. The van der Waals surface area contributed by atoms with Crippen LogP contribution in [0.25, 0.3) is 5.82 Å². The lowest BCUT2D eigenvalue weighted by Gasteiger charge is -2.39. The maximum Gasteiger partial charge on any atom is 0.181 e. The van der Waals surface area contributed by atoms with E-state index in [-0.39, 0.29) is 0 Å². The molecule has 2 aliphatic rings. The Balaban J connectivity index is 1.38. The highest BCUT2D eigenvalue weighted by atomic mass is 16.5. The van der Waals surface area contributed by atoms with Gasteiger partial charge in [0.1, 0.15) is 12.0 Å². The number of hydrogen-bond donors (Lipinski definition) is 1. The zero-order chi connectivity index (χ0) is 18.8. The lowest BCUT2D eigenvalue weighted by atomic mass is 9.95. The number of nitrogens with zero attached hydrogens (tertiary/aromatic N) is 6.